The number of rotatable bonds is 7. The molecule has 0 N–H and O–H groups in total. The Bertz CT molecular complexity index is 1080. The smallest absolute Gasteiger partial charge is 0.156 e. The zero-order valence-electron chi connectivity index (χ0n) is 17.3. The average molecular weight is 402 g/mol. The van der Waals surface area contributed by atoms with Crippen LogP contribution in [0.4, 0.5) is 0 Å². The maximum atomic E-state index is 6.17. The second kappa shape index (κ2) is 8.46. The van der Waals surface area contributed by atoms with Crippen LogP contribution in [0.1, 0.15) is 17.5 Å². The van der Waals surface area contributed by atoms with Gasteiger partial charge in [-0.2, -0.15) is 5.10 Å². The van der Waals surface area contributed by atoms with Crippen LogP contribution >= 0.6 is 0 Å². The first-order valence-electron chi connectivity index (χ1n) is 10.6. The average Bonchev–Trinajstić information content (AvgIpc) is 3.48. The molecule has 4 aromatic rings. The van der Waals surface area contributed by atoms with Gasteiger partial charge in [-0.25, -0.2) is 0 Å². The molecule has 5 heteroatoms. The number of nitrogens with zero attached hydrogens (tertiary/aromatic N) is 3. The summed E-state index contributed by atoms with van der Waals surface area (Å²) < 4.78 is 13.6. The Morgan fingerprint density at radius 3 is 2.73 bits per heavy atom. The van der Waals surface area contributed by atoms with Gasteiger partial charge < -0.3 is 9.15 Å². The lowest BCUT2D eigenvalue weighted by Gasteiger charge is -2.15. The highest BCUT2D eigenvalue weighted by atomic mass is 16.5. The number of benzene rings is 2. The van der Waals surface area contributed by atoms with Crippen molar-refractivity contribution < 1.29 is 9.15 Å². The van der Waals surface area contributed by atoms with Gasteiger partial charge in [0.25, 0.3) is 0 Å². The molecule has 1 aliphatic rings. The summed E-state index contributed by atoms with van der Waals surface area (Å²) in [6.07, 6.45) is 3.37. The highest BCUT2D eigenvalue weighted by molar-refractivity contribution is 5.82. The molecule has 0 saturated carbocycles. The van der Waals surface area contributed by atoms with Gasteiger partial charge in [0, 0.05) is 37.3 Å². The van der Waals surface area contributed by atoms with Crippen LogP contribution in [0.2, 0.25) is 0 Å². The molecule has 1 unspecified atom stereocenters. The van der Waals surface area contributed by atoms with Gasteiger partial charge in [0.15, 0.2) is 5.76 Å². The van der Waals surface area contributed by atoms with E-state index in [1.165, 1.54) is 17.5 Å². The zero-order chi connectivity index (χ0) is 20.3. The molecule has 1 aliphatic heterocycles. The normalized spacial score (nSPS) is 17.2. The Labute approximate surface area is 176 Å². The Kier molecular flexibility index (Phi) is 5.39. The van der Waals surface area contributed by atoms with Crippen molar-refractivity contribution in [3.8, 4) is 11.5 Å². The third-order valence-corrected chi connectivity index (χ3v) is 5.85. The van der Waals surface area contributed by atoms with Gasteiger partial charge in [-0.3, -0.25) is 9.58 Å². The number of hydrogen-bond acceptors (Lipinski definition) is 4. The number of fused-ring (bicyclic) bond motifs is 1. The molecule has 1 fully saturated rings. The van der Waals surface area contributed by atoms with Crippen LogP contribution in [0.5, 0.6) is 0 Å². The molecule has 1 atom stereocenters. The van der Waals surface area contributed by atoms with Crippen molar-refractivity contribution in [3.63, 3.8) is 0 Å². The van der Waals surface area contributed by atoms with Gasteiger partial charge >= 0.3 is 0 Å². The van der Waals surface area contributed by atoms with Crippen LogP contribution in [0.25, 0.3) is 22.4 Å². The van der Waals surface area contributed by atoms with Crippen LogP contribution in [0.3, 0.4) is 0 Å². The molecular weight excluding hydrogens is 374 g/mol. The van der Waals surface area contributed by atoms with Crippen molar-refractivity contribution in [2.75, 3.05) is 26.8 Å². The maximum Gasteiger partial charge on any atom is 0.156 e. The summed E-state index contributed by atoms with van der Waals surface area (Å²) in [7, 11) is 1.79. The summed E-state index contributed by atoms with van der Waals surface area (Å²) >= 11 is 0. The number of methoxy groups -OCH3 is 1. The molecule has 2 aromatic carbocycles. The highest BCUT2D eigenvalue weighted by Gasteiger charge is 2.25. The summed E-state index contributed by atoms with van der Waals surface area (Å²) in [5.41, 5.74) is 4.29. The standard InChI is InChI=1S/C25H27N3O2/c1-29-18-20-11-12-27(14-20)16-22-17-28(15-19-7-3-2-4-8-19)26-25(22)24-13-21-9-5-6-10-23(21)30-24/h2-10,13,17,20H,11-12,14-16,18H2,1H3. The van der Waals surface area contributed by atoms with Crippen LogP contribution in [0, 0.1) is 5.92 Å². The first-order valence-corrected chi connectivity index (χ1v) is 10.6. The SMILES string of the molecule is COCC1CCN(Cc2cn(Cc3ccccc3)nc2-c2cc3ccccc3o2)C1. The first-order chi connectivity index (χ1) is 14.8. The minimum absolute atomic E-state index is 0.615. The van der Waals surface area contributed by atoms with Crippen molar-refractivity contribution in [1.82, 2.24) is 14.7 Å². The summed E-state index contributed by atoms with van der Waals surface area (Å²) in [4.78, 5) is 2.50. The fourth-order valence-corrected chi connectivity index (χ4v) is 4.40. The quantitative estimate of drug-likeness (QED) is 0.446. The monoisotopic (exact) mass is 401 g/mol. The lowest BCUT2D eigenvalue weighted by Crippen LogP contribution is -2.21. The molecule has 0 amide bonds. The van der Waals surface area contributed by atoms with E-state index in [4.69, 9.17) is 14.3 Å². The van der Waals surface area contributed by atoms with Crippen LogP contribution in [0.15, 0.2) is 71.3 Å². The van der Waals surface area contributed by atoms with E-state index in [2.05, 4.69) is 47.5 Å². The van der Waals surface area contributed by atoms with E-state index in [0.29, 0.717) is 5.92 Å². The summed E-state index contributed by atoms with van der Waals surface area (Å²) in [6, 6.07) is 20.7. The van der Waals surface area contributed by atoms with Gasteiger partial charge in [0.05, 0.1) is 13.2 Å². The third kappa shape index (κ3) is 4.04. The Balaban J connectivity index is 1.45. The molecule has 1 saturated heterocycles. The van der Waals surface area contributed by atoms with E-state index in [1.54, 1.807) is 7.11 Å². The number of aromatic nitrogens is 2. The van der Waals surface area contributed by atoms with Crippen molar-refractivity contribution in [2.24, 2.45) is 5.92 Å². The molecule has 30 heavy (non-hydrogen) atoms. The van der Waals surface area contributed by atoms with E-state index >= 15 is 0 Å². The predicted octanol–water partition coefficient (Wildman–Crippen LogP) is 4.81. The summed E-state index contributed by atoms with van der Waals surface area (Å²) in [5.74, 6) is 1.45. The lowest BCUT2D eigenvalue weighted by atomic mass is 10.1. The molecule has 0 bridgehead atoms. The van der Waals surface area contributed by atoms with Crippen molar-refractivity contribution in [2.45, 2.75) is 19.5 Å². The number of ether oxygens (including phenoxy) is 1. The Morgan fingerprint density at radius 1 is 1.07 bits per heavy atom. The van der Waals surface area contributed by atoms with Crippen molar-refractivity contribution in [1.29, 1.82) is 0 Å². The van der Waals surface area contributed by atoms with Crippen LogP contribution in [-0.4, -0.2) is 41.5 Å². The summed E-state index contributed by atoms with van der Waals surface area (Å²) in [5, 5.41) is 6.05. The third-order valence-electron chi connectivity index (χ3n) is 5.85. The topological polar surface area (TPSA) is 43.4 Å². The maximum absolute atomic E-state index is 6.17. The number of para-hydroxylation sites is 1. The van der Waals surface area contributed by atoms with Gasteiger partial charge in [0.2, 0.25) is 0 Å². The fourth-order valence-electron chi connectivity index (χ4n) is 4.40. The molecule has 0 aliphatic carbocycles. The molecule has 5 rings (SSSR count). The van der Waals surface area contributed by atoms with Crippen molar-refractivity contribution >= 4 is 11.0 Å². The molecule has 3 heterocycles. The number of hydrogen-bond donors (Lipinski definition) is 0. The van der Waals surface area contributed by atoms with Crippen LogP contribution < -0.4 is 0 Å². The Hall–Kier alpha value is -2.89. The van der Waals surface area contributed by atoms with Crippen LogP contribution in [-0.2, 0) is 17.8 Å². The second-order valence-corrected chi connectivity index (χ2v) is 8.18. The van der Waals surface area contributed by atoms with E-state index in [9.17, 15) is 0 Å². The summed E-state index contributed by atoms with van der Waals surface area (Å²) in [6.45, 7) is 4.62. The fraction of sp³-hybridized carbons (Fsp3) is 0.320. The minimum atomic E-state index is 0.615. The van der Waals surface area contributed by atoms with E-state index in [1.807, 2.05) is 28.9 Å². The largest absolute Gasteiger partial charge is 0.454 e. The molecular formula is C25H27N3O2. The molecule has 0 spiro atoms. The number of likely N-dealkylation sites (tertiary alicyclic amines) is 1. The molecule has 2 aromatic heterocycles. The first kappa shape index (κ1) is 19.1. The molecule has 5 nitrogen and oxygen atoms in total. The minimum Gasteiger partial charge on any atom is -0.454 e. The zero-order valence-corrected chi connectivity index (χ0v) is 17.3. The van der Waals surface area contributed by atoms with Crippen molar-refractivity contribution in [3.05, 3.63) is 78.0 Å². The van der Waals surface area contributed by atoms with Gasteiger partial charge in [0.1, 0.15) is 11.3 Å². The molecule has 0 radical (unpaired) electrons. The van der Waals surface area contributed by atoms with Gasteiger partial charge in [-0.1, -0.05) is 48.5 Å². The van der Waals surface area contributed by atoms with Gasteiger partial charge in [-0.05, 0) is 36.6 Å². The predicted molar refractivity (Wildman–Crippen MR) is 118 cm³/mol. The highest BCUT2D eigenvalue weighted by Crippen LogP contribution is 2.31. The van der Waals surface area contributed by atoms with E-state index in [0.717, 1.165) is 55.2 Å². The number of furan rings is 1. The Morgan fingerprint density at radius 2 is 1.90 bits per heavy atom. The lowest BCUT2D eigenvalue weighted by molar-refractivity contribution is 0.152. The second-order valence-electron chi connectivity index (χ2n) is 8.18. The van der Waals surface area contributed by atoms with E-state index in [-0.39, 0.29) is 0 Å². The van der Waals surface area contributed by atoms with Gasteiger partial charge in [-0.15, -0.1) is 0 Å². The molecule has 154 valence electrons. The van der Waals surface area contributed by atoms with E-state index < -0.39 is 0 Å².